The molecule has 0 spiro atoms. The lowest BCUT2D eigenvalue weighted by Crippen LogP contribution is -2.15. The molecule has 0 aliphatic carbocycles. The van der Waals surface area contributed by atoms with E-state index in [1.807, 2.05) is 0 Å². The Bertz CT molecular complexity index is 217. The molecule has 0 atom stereocenters. The molecule has 0 fully saturated rings. The molecule has 1 nitrogen and oxygen atoms in total. The molecule has 0 bridgehead atoms. The molecule has 0 rings (SSSR count). The molecule has 23 heavy (non-hydrogen) atoms. The fraction of sp³-hybridized carbons (Fsp3) is 1.00. The highest BCUT2D eigenvalue weighted by Gasteiger charge is 2.13. The summed E-state index contributed by atoms with van der Waals surface area (Å²) in [7, 11) is 0. The highest BCUT2D eigenvalue weighted by molar-refractivity contribution is 4.63. The SMILES string of the molecule is CCCCCCCCCCCCCCCCCCCC(C)(C)[O]. The molecule has 0 aromatic carbocycles. The minimum atomic E-state index is -0.713. The Hall–Kier alpha value is -0.0400. The Balaban J connectivity index is 3.00. The molecule has 1 radical (unpaired) electrons. The first-order chi connectivity index (χ1) is 11.1. The van der Waals surface area contributed by atoms with Crippen molar-refractivity contribution < 1.29 is 5.11 Å². The quantitative estimate of drug-likeness (QED) is 0.226. The van der Waals surface area contributed by atoms with E-state index < -0.39 is 5.60 Å². The molecule has 0 aromatic rings. The van der Waals surface area contributed by atoms with E-state index in [0.29, 0.717) is 0 Å². The van der Waals surface area contributed by atoms with E-state index in [9.17, 15) is 5.11 Å². The average molecular weight is 326 g/mol. The fourth-order valence-corrected chi connectivity index (χ4v) is 3.28. The minimum absolute atomic E-state index is 0.713. The predicted octanol–water partition coefficient (Wildman–Crippen LogP) is 8.24. The third kappa shape index (κ3) is 22.0. The van der Waals surface area contributed by atoms with Crippen molar-refractivity contribution in [2.75, 3.05) is 0 Å². The van der Waals surface area contributed by atoms with Crippen LogP contribution in [0.1, 0.15) is 136 Å². The largest absolute Gasteiger partial charge is 0.230 e. The highest BCUT2D eigenvalue weighted by Crippen LogP contribution is 2.17. The van der Waals surface area contributed by atoms with E-state index in [4.69, 9.17) is 0 Å². The van der Waals surface area contributed by atoms with Crippen molar-refractivity contribution in [2.24, 2.45) is 0 Å². The molecule has 1 heteroatoms. The van der Waals surface area contributed by atoms with Gasteiger partial charge >= 0.3 is 0 Å². The van der Waals surface area contributed by atoms with Gasteiger partial charge in [0, 0.05) is 0 Å². The van der Waals surface area contributed by atoms with Gasteiger partial charge in [-0.1, -0.05) is 116 Å². The first-order valence-corrected chi connectivity index (χ1v) is 10.8. The summed E-state index contributed by atoms with van der Waals surface area (Å²) in [6.07, 6.45) is 24.6. The average Bonchev–Trinajstić information content (AvgIpc) is 2.49. The van der Waals surface area contributed by atoms with Gasteiger partial charge in [-0.25, -0.2) is 5.11 Å². The lowest BCUT2D eigenvalue weighted by Gasteiger charge is -2.13. The maximum atomic E-state index is 11.5. The summed E-state index contributed by atoms with van der Waals surface area (Å²) < 4.78 is 0. The van der Waals surface area contributed by atoms with Crippen molar-refractivity contribution in [3.05, 3.63) is 0 Å². The van der Waals surface area contributed by atoms with E-state index in [2.05, 4.69) is 6.92 Å². The van der Waals surface area contributed by atoms with Gasteiger partial charge in [-0.2, -0.15) is 0 Å². The molecule has 0 heterocycles. The second kappa shape index (κ2) is 16.8. The van der Waals surface area contributed by atoms with E-state index in [1.54, 1.807) is 13.8 Å². The van der Waals surface area contributed by atoms with Crippen molar-refractivity contribution in [2.45, 2.75) is 142 Å². The van der Waals surface area contributed by atoms with Gasteiger partial charge in [0.05, 0.1) is 5.60 Å². The van der Waals surface area contributed by atoms with Gasteiger partial charge in [0.1, 0.15) is 0 Å². The molecular formula is C22H45O. The van der Waals surface area contributed by atoms with Crippen LogP contribution in [0.3, 0.4) is 0 Å². The first kappa shape index (κ1) is 23.0. The smallest absolute Gasteiger partial charge is 0.0980 e. The van der Waals surface area contributed by atoms with Gasteiger partial charge in [0.2, 0.25) is 0 Å². The minimum Gasteiger partial charge on any atom is -0.230 e. The second-order valence-electron chi connectivity index (χ2n) is 8.17. The van der Waals surface area contributed by atoms with Crippen LogP contribution in [-0.4, -0.2) is 5.60 Å². The zero-order valence-electron chi connectivity index (χ0n) is 16.6. The molecular weight excluding hydrogens is 280 g/mol. The van der Waals surface area contributed by atoms with Crippen LogP contribution in [0.2, 0.25) is 0 Å². The van der Waals surface area contributed by atoms with Gasteiger partial charge in [-0.05, 0) is 20.3 Å². The van der Waals surface area contributed by atoms with E-state index >= 15 is 0 Å². The second-order valence-corrected chi connectivity index (χ2v) is 8.17. The Morgan fingerprint density at radius 3 is 1.00 bits per heavy atom. The third-order valence-electron chi connectivity index (χ3n) is 4.88. The molecule has 0 aromatic heterocycles. The van der Waals surface area contributed by atoms with Crippen molar-refractivity contribution >= 4 is 0 Å². The highest BCUT2D eigenvalue weighted by atomic mass is 16.3. The lowest BCUT2D eigenvalue weighted by molar-refractivity contribution is -0.00511. The molecule has 0 amide bonds. The Morgan fingerprint density at radius 1 is 0.478 bits per heavy atom. The topological polar surface area (TPSA) is 19.9 Å². The fourth-order valence-electron chi connectivity index (χ4n) is 3.28. The van der Waals surface area contributed by atoms with Crippen LogP contribution in [0.5, 0.6) is 0 Å². The van der Waals surface area contributed by atoms with Gasteiger partial charge in [0.15, 0.2) is 0 Å². The Labute approximate surface area is 147 Å². The number of hydrogen-bond donors (Lipinski definition) is 0. The zero-order chi connectivity index (χ0) is 17.2. The summed E-state index contributed by atoms with van der Waals surface area (Å²) in [5.74, 6) is 0. The lowest BCUT2D eigenvalue weighted by atomic mass is 9.99. The molecule has 0 unspecified atom stereocenters. The molecule has 0 saturated heterocycles. The third-order valence-corrected chi connectivity index (χ3v) is 4.88. The maximum Gasteiger partial charge on any atom is 0.0980 e. The van der Waals surface area contributed by atoms with Crippen LogP contribution < -0.4 is 0 Å². The molecule has 0 aliphatic rings. The van der Waals surface area contributed by atoms with Gasteiger partial charge < -0.3 is 0 Å². The molecule has 0 N–H and O–H groups in total. The Kier molecular flexibility index (Phi) is 16.8. The number of unbranched alkanes of at least 4 members (excludes halogenated alkanes) is 16. The normalized spacial score (nSPS) is 12.0. The standard InChI is InChI=1S/C22H45O/c1-4-5-6-7-8-9-10-11-12-13-14-15-16-17-18-19-20-21-22(2,3)23/h4-21H2,1-3H3. The van der Waals surface area contributed by atoms with Crippen LogP contribution in [-0.2, 0) is 5.11 Å². The van der Waals surface area contributed by atoms with Crippen molar-refractivity contribution in [1.29, 1.82) is 0 Å². The summed E-state index contributed by atoms with van der Waals surface area (Å²) in [5, 5.41) is 11.5. The molecule has 0 aliphatic heterocycles. The zero-order valence-corrected chi connectivity index (χ0v) is 16.6. The van der Waals surface area contributed by atoms with Crippen molar-refractivity contribution in [1.82, 2.24) is 0 Å². The Morgan fingerprint density at radius 2 is 0.739 bits per heavy atom. The van der Waals surface area contributed by atoms with Crippen LogP contribution in [0.25, 0.3) is 0 Å². The number of hydrogen-bond acceptors (Lipinski definition) is 0. The summed E-state index contributed by atoms with van der Waals surface area (Å²) in [4.78, 5) is 0. The van der Waals surface area contributed by atoms with E-state index in [0.717, 1.165) is 12.8 Å². The van der Waals surface area contributed by atoms with Crippen molar-refractivity contribution in [3.8, 4) is 0 Å². The van der Waals surface area contributed by atoms with Crippen LogP contribution in [0.4, 0.5) is 0 Å². The van der Waals surface area contributed by atoms with Crippen LogP contribution in [0, 0.1) is 0 Å². The van der Waals surface area contributed by atoms with Gasteiger partial charge in [-0.3, -0.25) is 0 Å². The van der Waals surface area contributed by atoms with Crippen LogP contribution >= 0.6 is 0 Å². The van der Waals surface area contributed by atoms with Crippen LogP contribution in [0.15, 0.2) is 0 Å². The summed E-state index contributed by atoms with van der Waals surface area (Å²) in [6.45, 7) is 5.90. The number of rotatable bonds is 18. The van der Waals surface area contributed by atoms with E-state index in [-0.39, 0.29) is 0 Å². The summed E-state index contributed by atoms with van der Waals surface area (Å²) in [6, 6.07) is 0. The van der Waals surface area contributed by atoms with E-state index in [1.165, 1.54) is 103 Å². The maximum absolute atomic E-state index is 11.5. The summed E-state index contributed by atoms with van der Waals surface area (Å²) >= 11 is 0. The molecule has 139 valence electrons. The van der Waals surface area contributed by atoms with Crippen molar-refractivity contribution in [3.63, 3.8) is 0 Å². The van der Waals surface area contributed by atoms with Gasteiger partial charge in [0.25, 0.3) is 0 Å². The molecule has 0 saturated carbocycles. The predicted molar refractivity (Wildman–Crippen MR) is 104 cm³/mol. The first-order valence-electron chi connectivity index (χ1n) is 10.8. The monoisotopic (exact) mass is 325 g/mol. The van der Waals surface area contributed by atoms with Gasteiger partial charge in [-0.15, -0.1) is 0 Å². The summed E-state index contributed by atoms with van der Waals surface area (Å²) in [5.41, 5.74) is -0.713.